The van der Waals surface area contributed by atoms with Crippen LogP contribution in [0.1, 0.15) is 23.3 Å². The van der Waals surface area contributed by atoms with Gasteiger partial charge in [-0.25, -0.2) is 4.98 Å². The van der Waals surface area contributed by atoms with Crippen molar-refractivity contribution in [3.8, 4) is 0 Å². The second-order valence-electron chi connectivity index (χ2n) is 7.10. The van der Waals surface area contributed by atoms with Crippen LogP contribution in [0, 0.1) is 10.1 Å². The van der Waals surface area contributed by atoms with Crippen molar-refractivity contribution in [2.24, 2.45) is 0 Å². The molecular formula is C21H20N4O4S2. The highest BCUT2D eigenvalue weighted by Crippen LogP contribution is 2.34. The molecule has 0 atom stereocenters. The molecule has 1 N–H and O–H groups in total. The summed E-state index contributed by atoms with van der Waals surface area (Å²) in [7, 11) is 0. The van der Waals surface area contributed by atoms with Crippen molar-refractivity contribution in [1.29, 1.82) is 0 Å². The van der Waals surface area contributed by atoms with Crippen LogP contribution in [0.2, 0.25) is 0 Å². The second-order valence-corrected chi connectivity index (χ2v) is 9.13. The number of carbonyl (C=O) groups is 1. The second kappa shape index (κ2) is 9.03. The van der Waals surface area contributed by atoms with Crippen LogP contribution in [0.15, 0.2) is 46.9 Å². The zero-order valence-corrected chi connectivity index (χ0v) is 18.3. The molecule has 0 saturated carbocycles. The maximum Gasteiger partial charge on any atom is 0.292 e. The van der Waals surface area contributed by atoms with E-state index in [4.69, 9.17) is 4.98 Å². The number of rotatable bonds is 7. The van der Waals surface area contributed by atoms with Gasteiger partial charge in [-0.3, -0.25) is 24.3 Å². The minimum atomic E-state index is -0.543. The number of carbonyl (C=O) groups excluding carboxylic acids is 1. The predicted molar refractivity (Wildman–Crippen MR) is 123 cm³/mol. The van der Waals surface area contributed by atoms with Crippen molar-refractivity contribution in [3.05, 3.63) is 67.8 Å². The Bertz CT molecular complexity index is 1250. The molecule has 10 heteroatoms. The van der Waals surface area contributed by atoms with E-state index in [0.29, 0.717) is 21.9 Å². The van der Waals surface area contributed by atoms with Crippen LogP contribution in [0.4, 0.5) is 11.4 Å². The van der Waals surface area contributed by atoms with E-state index in [1.165, 1.54) is 23.1 Å². The molecule has 0 fully saturated rings. The predicted octanol–water partition coefficient (Wildman–Crippen LogP) is 4.16. The summed E-state index contributed by atoms with van der Waals surface area (Å²) in [5, 5.41) is 14.8. The SMILES string of the molecule is C=CCn1c(SCC(=O)Nc2ccccc2[N+](=O)[O-])nc2sc3c(c2c1=O)CCCC3. The number of allylic oxidation sites excluding steroid dienone is 1. The quantitative estimate of drug-likeness (QED) is 0.188. The fourth-order valence-corrected chi connectivity index (χ4v) is 5.79. The number of hydrogen-bond donors (Lipinski definition) is 1. The van der Waals surface area contributed by atoms with Gasteiger partial charge in [-0.1, -0.05) is 30.0 Å². The van der Waals surface area contributed by atoms with E-state index >= 15 is 0 Å². The number of benzene rings is 1. The van der Waals surface area contributed by atoms with E-state index in [1.807, 2.05) is 0 Å². The maximum atomic E-state index is 13.2. The normalized spacial score (nSPS) is 13.0. The Morgan fingerprint density at radius 2 is 2.13 bits per heavy atom. The molecule has 0 saturated heterocycles. The van der Waals surface area contributed by atoms with E-state index in [2.05, 4.69) is 11.9 Å². The Balaban J connectivity index is 1.60. The fourth-order valence-electron chi connectivity index (χ4n) is 3.68. The molecule has 1 amide bonds. The van der Waals surface area contributed by atoms with Gasteiger partial charge in [0.15, 0.2) is 5.16 Å². The topological polar surface area (TPSA) is 107 Å². The molecule has 1 aliphatic carbocycles. The van der Waals surface area contributed by atoms with Crippen molar-refractivity contribution in [2.75, 3.05) is 11.1 Å². The van der Waals surface area contributed by atoms with E-state index in [0.717, 1.165) is 43.0 Å². The minimum absolute atomic E-state index is 0.0355. The molecule has 0 radical (unpaired) electrons. The Morgan fingerprint density at radius 3 is 2.90 bits per heavy atom. The minimum Gasteiger partial charge on any atom is -0.320 e. The first-order valence-corrected chi connectivity index (χ1v) is 11.6. The lowest BCUT2D eigenvalue weighted by molar-refractivity contribution is -0.383. The first-order chi connectivity index (χ1) is 15.0. The zero-order chi connectivity index (χ0) is 22.0. The van der Waals surface area contributed by atoms with Crippen LogP contribution < -0.4 is 10.9 Å². The average molecular weight is 457 g/mol. The van der Waals surface area contributed by atoms with Gasteiger partial charge in [0.05, 0.1) is 16.1 Å². The number of thioether (sulfide) groups is 1. The summed E-state index contributed by atoms with van der Waals surface area (Å²) < 4.78 is 1.54. The molecular weight excluding hydrogens is 436 g/mol. The third-order valence-corrected chi connectivity index (χ3v) is 7.22. The summed E-state index contributed by atoms with van der Waals surface area (Å²) in [5.41, 5.74) is 0.974. The Hall–Kier alpha value is -2.98. The van der Waals surface area contributed by atoms with Gasteiger partial charge in [0, 0.05) is 17.5 Å². The van der Waals surface area contributed by atoms with Crippen LogP contribution in [-0.4, -0.2) is 26.1 Å². The van der Waals surface area contributed by atoms with Gasteiger partial charge < -0.3 is 5.32 Å². The van der Waals surface area contributed by atoms with Crippen LogP contribution in [0.5, 0.6) is 0 Å². The summed E-state index contributed by atoms with van der Waals surface area (Å²) in [6.07, 6.45) is 5.68. The lowest BCUT2D eigenvalue weighted by atomic mass is 9.97. The molecule has 1 aromatic carbocycles. The smallest absolute Gasteiger partial charge is 0.292 e. The molecule has 160 valence electrons. The first-order valence-electron chi connectivity index (χ1n) is 9.81. The number of nitrogens with zero attached hydrogens (tertiary/aromatic N) is 3. The van der Waals surface area contributed by atoms with Gasteiger partial charge in [-0.05, 0) is 37.3 Å². The molecule has 3 aromatic rings. The number of aryl methyl sites for hydroxylation is 2. The van der Waals surface area contributed by atoms with Crippen molar-refractivity contribution in [1.82, 2.24) is 9.55 Å². The molecule has 4 rings (SSSR count). The third kappa shape index (κ3) is 4.26. The van der Waals surface area contributed by atoms with E-state index in [-0.39, 0.29) is 22.7 Å². The summed E-state index contributed by atoms with van der Waals surface area (Å²) in [5.74, 6) is -0.448. The number of nitrogens with one attached hydrogen (secondary N) is 1. The van der Waals surface area contributed by atoms with Gasteiger partial charge in [0.25, 0.3) is 11.2 Å². The monoisotopic (exact) mass is 456 g/mol. The number of nitro groups is 1. The van der Waals surface area contributed by atoms with Crippen LogP contribution in [0.25, 0.3) is 10.2 Å². The number of anilines is 1. The molecule has 31 heavy (non-hydrogen) atoms. The Morgan fingerprint density at radius 1 is 1.35 bits per heavy atom. The molecule has 8 nitrogen and oxygen atoms in total. The highest BCUT2D eigenvalue weighted by molar-refractivity contribution is 7.99. The van der Waals surface area contributed by atoms with Crippen molar-refractivity contribution >= 4 is 50.6 Å². The number of aromatic nitrogens is 2. The molecule has 0 aliphatic heterocycles. The highest BCUT2D eigenvalue weighted by Gasteiger charge is 2.22. The summed E-state index contributed by atoms with van der Waals surface area (Å²) >= 11 is 2.69. The van der Waals surface area contributed by atoms with Crippen LogP contribution in [0.3, 0.4) is 0 Å². The number of amides is 1. The largest absolute Gasteiger partial charge is 0.320 e. The number of hydrogen-bond acceptors (Lipinski definition) is 7. The van der Waals surface area contributed by atoms with Gasteiger partial charge in [-0.15, -0.1) is 17.9 Å². The van der Waals surface area contributed by atoms with Gasteiger partial charge in [0.2, 0.25) is 5.91 Å². The Kier molecular flexibility index (Phi) is 6.19. The van der Waals surface area contributed by atoms with Crippen molar-refractivity contribution < 1.29 is 9.72 Å². The van der Waals surface area contributed by atoms with Crippen LogP contribution >= 0.6 is 23.1 Å². The third-order valence-electron chi connectivity index (χ3n) is 5.06. The lowest BCUT2D eigenvalue weighted by Gasteiger charge is -2.12. The molecule has 0 unspecified atom stereocenters. The molecule has 0 spiro atoms. The van der Waals surface area contributed by atoms with Gasteiger partial charge >= 0.3 is 0 Å². The molecule has 1 aliphatic rings. The molecule has 0 bridgehead atoms. The lowest BCUT2D eigenvalue weighted by Crippen LogP contribution is -2.24. The van der Waals surface area contributed by atoms with E-state index < -0.39 is 10.8 Å². The van der Waals surface area contributed by atoms with Gasteiger partial charge in [0.1, 0.15) is 10.5 Å². The van der Waals surface area contributed by atoms with E-state index in [1.54, 1.807) is 28.0 Å². The average Bonchev–Trinajstić information content (AvgIpc) is 3.13. The summed E-state index contributed by atoms with van der Waals surface area (Å²) in [6, 6.07) is 5.97. The number of fused-ring (bicyclic) bond motifs is 3. The maximum absolute atomic E-state index is 13.2. The zero-order valence-electron chi connectivity index (χ0n) is 16.6. The molecule has 2 aromatic heterocycles. The van der Waals surface area contributed by atoms with Gasteiger partial charge in [-0.2, -0.15) is 0 Å². The first kappa shape index (κ1) is 21.3. The number of nitro benzene ring substituents is 1. The fraction of sp³-hybridized carbons (Fsp3) is 0.286. The summed E-state index contributed by atoms with van der Waals surface area (Å²) in [6.45, 7) is 4.03. The standard InChI is InChI=1S/C21H20N4O4S2/c1-2-11-24-20(27)18-13-7-3-6-10-16(13)31-19(18)23-21(24)30-12-17(26)22-14-8-4-5-9-15(14)25(28)29/h2,4-5,8-9H,1,3,6-7,10-12H2,(H,22,26). The van der Waals surface area contributed by atoms with Crippen LogP contribution in [-0.2, 0) is 24.2 Å². The van der Waals surface area contributed by atoms with Crippen molar-refractivity contribution in [2.45, 2.75) is 37.4 Å². The highest BCUT2D eigenvalue weighted by atomic mass is 32.2. The number of thiophene rings is 1. The summed E-state index contributed by atoms with van der Waals surface area (Å²) in [4.78, 5) is 42.9. The van der Waals surface area contributed by atoms with Crippen molar-refractivity contribution in [3.63, 3.8) is 0 Å². The molecule has 2 heterocycles. The van der Waals surface area contributed by atoms with E-state index in [9.17, 15) is 19.7 Å². The Labute approximate surface area is 186 Å². The number of para-hydroxylation sites is 2.